The van der Waals surface area contributed by atoms with Gasteiger partial charge in [0.25, 0.3) is 10.0 Å². The first kappa shape index (κ1) is 18.4. The summed E-state index contributed by atoms with van der Waals surface area (Å²) in [4.78, 5) is 13.8. The molecule has 0 aliphatic carbocycles. The van der Waals surface area contributed by atoms with Gasteiger partial charge in [0.15, 0.2) is 0 Å². The summed E-state index contributed by atoms with van der Waals surface area (Å²) in [7, 11) is 0.540. The molecule has 2 heterocycles. The number of amidine groups is 1. The van der Waals surface area contributed by atoms with Crippen molar-refractivity contribution in [1.82, 2.24) is 19.6 Å². The lowest BCUT2D eigenvalue weighted by Crippen LogP contribution is -2.22. The molecule has 9 heteroatoms. The van der Waals surface area contributed by atoms with Crippen LogP contribution in [-0.4, -0.2) is 56.3 Å². The molecule has 26 heavy (non-hydrogen) atoms. The fourth-order valence-corrected chi connectivity index (χ4v) is 3.92. The van der Waals surface area contributed by atoms with Crippen molar-refractivity contribution < 1.29 is 13.3 Å². The number of benzene rings is 1. The molecule has 0 unspecified atom stereocenters. The quantitative estimate of drug-likeness (QED) is 0.690. The molecule has 0 amide bonds. The number of aromatic nitrogens is 2. The minimum Gasteiger partial charge on any atom is -0.397 e. The lowest BCUT2D eigenvalue weighted by atomic mass is 10.2. The zero-order chi connectivity index (χ0) is 18.6. The molecule has 1 N–H and O–H groups in total. The van der Waals surface area contributed by atoms with Gasteiger partial charge in [0.05, 0.1) is 17.3 Å². The Hall–Kier alpha value is -2.39. The van der Waals surface area contributed by atoms with Crippen molar-refractivity contribution in [3.05, 3.63) is 47.8 Å². The largest absolute Gasteiger partial charge is 0.397 e. The molecular formula is C17H23N5O3S. The Bertz CT molecular complexity index is 889. The number of sulfonamides is 1. The molecule has 8 nitrogen and oxygen atoms in total. The highest BCUT2D eigenvalue weighted by atomic mass is 32.2. The first-order valence-corrected chi connectivity index (χ1v) is 9.92. The van der Waals surface area contributed by atoms with Crippen molar-refractivity contribution in [1.29, 1.82) is 0 Å². The second-order valence-corrected chi connectivity index (χ2v) is 8.01. The van der Waals surface area contributed by atoms with Gasteiger partial charge in [0, 0.05) is 24.2 Å². The van der Waals surface area contributed by atoms with Crippen molar-refractivity contribution in [3.8, 4) is 0 Å². The van der Waals surface area contributed by atoms with Crippen LogP contribution < -0.4 is 9.56 Å². The van der Waals surface area contributed by atoms with Gasteiger partial charge in [0.2, 0.25) is 0 Å². The number of aliphatic imine (C=N–C) groups is 1. The van der Waals surface area contributed by atoms with Gasteiger partial charge in [-0.05, 0) is 39.1 Å². The smallest absolute Gasteiger partial charge is 0.263 e. The third-order valence-electron chi connectivity index (χ3n) is 3.82. The molecule has 0 saturated carbocycles. The third kappa shape index (κ3) is 4.41. The molecule has 1 aromatic carbocycles. The Kier molecular flexibility index (Phi) is 5.58. The van der Waals surface area contributed by atoms with Gasteiger partial charge >= 0.3 is 0 Å². The molecule has 0 saturated heterocycles. The highest BCUT2D eigenvalue weighted by Gasteiger charge is 2.29. The van der Waals surface area contributed by atoms with Gasteiger partial charge in [-0.3, -0.25) is 9.71 Å². The fraction of sp³-hybridized carbons (Fsp3) is 0.412. The van der Waals surface area contributed by atoms with E-state index in [1.54, 1.807) is 30.5 Å². The summed E-state index contributed by atoms with van der Waals surface area (Å²) in [6.07, 6.45) is 5.24. The second kappa shape index (κ2) is 7.88. The monoisotopic (exact) mass is 377 g/mol. The van der Waals surface area contributed by atoms with Crippen LogP contribution in [0.15, 0.2) is 46.5 Å². The third-order valence-corrected chi connectivity index (χ3v) is 5.22. The molecule has 1 aromatic heterocycles. The van der Waals surface area contributed by atoms with Crippen LogP contribution in [0.2, 0.25) is 0 Å². The van der Waals surface area contributed by atoms with E-state index in [0.29, 0.717) is 24.6 Å². The van der Waals surface area contributed by atoms with Gasteiger partial charge < -0.3 is 9.74 Å². The van der Waals surface area contributed by atoms with Crippen LogP contribution in [0.5, 0.6) is 0 Å². The molecule has 0 atom stereocenters. The highest BCUT2D eigenvalue weighted by molar-refractivity contribution is 7.90. The lowest BCUT2D eigenvalue weighted by molar-refractivity contribution is 0.0797. The van der Waals surface area contributed by atoms with Gasteiger partial charge in [-0.1, -0.05) is 12.1 Å². The SMILES string of the molecule is CN(C)Cc1cnn(OCCCCN=C2NS(=O)(=O)c3ccccc32)c1. The summed E-state index contributed by atoms with van der Waals surface area (Å²) >= 11 is 0. The van der Waals surface area contributed by atoms with E-state index in [9.17, 15) is 8.42 Å². The number of nitrogens with zero attached hydrogens (tertiary/aromatic N) is 4. The van der Waals surface area contributed by atoms with Crippen LogP contribution in [0.4, 0.5) is 0 Å². The van der Waals surface area contributed by atoms with Crippen LogP contribution >= 0.6 is 0 Å². The van der Waals surface area contributed by atoms with Gasteiger partial charge in [0.1, 0.15) is 12.4 Å². The van der Waals surface area contributed by atoms with Crippen LogP contribution in [0.25, 0.3) is 0 Å². The molecule has 0 radical (unpaired) electrons. The predicted octanol–water partition coefficient (Wildman–Crippen LogP) is 0.892. The Balaban J connectivity index is 1.44. The van der Waals surface area contributed by atoms with Crippen LogP contribution in [0.3, 0.4) is 0 Å². The number of unbranched alkanes of at least 4 members (excludes halogenated alkanes) is 1. The van der Waals surface area contributed by atoms with Crippen LogP contribution in [-0.2, 0) is 16.6 Å². The maximum Gasteiger partial charge on any atom is 0.263 e. The van der Waals surface area contributed by atoms with Crippen molar-refractivity contribution >= 4 is 15.9 Å². The summed E-state index contributed by atoms with van der Waals surface area (Å²) < 4.78 is 26.5. The molecule has 3 rings (SSSR count). The fourth-order valence-electron chi connectivity index (χ4n) is 2.67. The Morgan fingerprint density at radius 3 is 2.88 bits per heavy atom. The van der Waals surface area contributed by atoms with E-state index in [1.807, 2.05) is 20.3 Å². The average molecular weight is 377 g/mol. The van der Waals surface area contributed by atoms with Crippen molar-refractivity contribution in [2.45, 2.75) is 24.3 Å². The molecule has 1 aliphatic heterocycles. The van der Waals surface area contributed by atoms with E-state index in [4.69, 9.17) is 4.84 Å². The summed E-state index contributed by atoms with van der Waals surface area (Å²) in [5.41, 5.74) is 1.72. The standard InChI is InChI=1S/C17H23N5O3S/c1-21(2)12-14-11-19-22(13-14)25-10-6-5-9-18-17-15-7-3-4-8-16(15)26(23,24)20-17/h3-4,7-8,11,13H,5-6,9-10,12H2,1-2H3,(H,18,20). The average Bonchev–Trinajstić information content (AvgIpc) is 3.13. The van der Waals surface area contributed by atoms with Crippen molar-refractivity contribution in [2.75, 3.05) is 27.2 Å². The molecule has 0 spiro atoms. The first-order chi connectivity index (χ1) is 12.5. The number of fused-ring (bicyclic) bond motifs is 1. The normalized spacial score (nSPS) is 16.7. The topological polar surface area (TPSA) is 88.8 Å². The Morgan fingerprint density at radius 1 is 1.27 bits per heavy atom. The minimum absolute atomic E-state index is 0.286. The number of hydrogen-bond acceptors (Lipinski definition) is 6. The molecule has 0 bridgehead atoms. The van der Waals surface area contributed by atoms with E-state index in [-0.39, 0.29) is 4.90 Å². The Morgan fingerprint density at radius 2 is 2.08 bits per heavy atom. The maximum atomic E-state index is 12.0. The summed E-state index contributed by atoms with van der Waals surface area (Å²) in [5.74, 6) is 0.418. The van der Waals surface area contributed by atoms with E-state index in [1.165, 1.54) is 4.85 Å². The van der Waals surface area contributed by atoms with E-state index in [2.05, 4.69) is 19.7 Å². The molecule has 2 aromatic rings. The van der Waals surface area contributed by atoms with Crippen LogP contribution in [0.1, 0.15) is 24.0 Å². The number of hydrogen-bond donors (Lipinski definition) is 1. The molecule has 140 valence electrons. The lowest BCUT2D eigenvalue weighted by Gasteiger charge is -2.06. The maximum absolute atomic E-state index is 12.0. The van der Waals surface area contributed by atoms with E-state index in [0.717, 1.165) is 24.9 Å². The van der Waals surface area contributed by atoms with Crippen LogP contribution in [0, 0.1) is 0 Å². The first-order valence-electron chi connectivity index (χ1n) is 8.44. The van der Waals surface area contributed by atoms with E-state index >= 15 is 0 Å². The van der Waals surface area contributed by atoms with Crippen molar-refractivity contribution in [3.63, 3.8) is 0 Å². The zero-order valence-corrected chi connectivity index (χ0v) is 15.7. The summed E-state index contributed by atoms with van der Waals surface area (Å²) in [6, 6.07) is 6.86. The van der Waals surface area contributed by atoms with Gasteiger partial charge in [-0.2, -0.15) is 0 Å². The summed E-state index contributed by atoms with van der Waals surface area (Å²) in [6.45, 7) is 1.87. The van der Waals surface area contributed by atoms with Gasteiger partial charge in [-0.25, -0.2) is 8.42 Å². The summed E-state index contributed by atoms with van der Waals surface area (Å²) in [5, 5.41) is 4.15. The second-order valence-electron chi connectivity index (χ2n) is 6.36. The number of rotatable bonds is 8. The number of nitrogens with one attached hydrogen (secondary N) is 1. The predicted molar refractivity (Wildman–Crippen MR) is 98.5 cm³/mol. The molecule has 0 fully saturated rings. The minimum atomic E-state index is -3.47. The van der Waals surface area contributed by atoms with E-state index < -0.39 is 10.0 Å². The highest BCUT2D eigenvalue weighted by Crippen LogP contribution is 2.22. The van der Waals surface area contributed by atoms with Gasteiger partial charge in [-0.15, -0.1) is 9.94 Å². The Labute approximate surface area is 153 Å². The van der Waals surface area contributed by atoms with Crippen molar-refractivity contribution in [2.24, 2.45) is 4.99 Å². The zero-order valence-electron chi connectivity index (χ0n) is 14.9. The molecular weight excluding hydrogens is 354 g/mol. The molecule has 1 aliphatic rings.